The van der Waals surface area contributed by atoms with Crippen molar-refractivity contribution < 1.29 is 14.3 Å². The molecule has 1 atom stereocenters. The fraction of sp³-hybridized carbons (Fsp3) is 0.292. The minimum absolute atomic E-state index is 0.326. The fourth-order valence-electron chi connectivity index (χ4n) is 3.72. The molecule has 2 amide bonds. The molecule has 0 bridgehead atoms. The number of ether oxygens (including phenoxy) is 1. The number of carbonyl (C=O) groups excluding carboxylic acids is 2. The predicted molar refractivity (Wildman–Crippen MR) is 131 cm³/mol. The van der Waals surface area contributed by atoms with Gasteiger partial charge in [0.05, 0.1) is 18.7 Å². The summed E-state index contributed by atoms with van der Waals surface area (Å²) in [6, 6.07) is 12.3. The van der Waals surface area contributed by atoms with Gasteiger partial charge < -0.3 is 25.6 Å². The van der Waals surface area contributed by atoms with E-state index in [1.165, 1.54) is 7.11 Å². The fourth-order valence-corrected chi connectivity index (χ4v) is 4.10. The number of hydrogen-bond donors (Lipinski definition) is 3. The van der Waals surface area contributed by atoms with E-state index in [4.69, 9.17) is 17.0 Å². The molecular formula is C24H28N4O3S. The molecule has 0 fully saturated rings. The van der Waals surface area contributed by atoms with Crippen molar-refractivity contribution in [3.05, 3.63) is 70.4 Å². The van der Waals surface area contributed by atoms with Crippen LogP contribution in [0.25, 0.3) is 0 Å². The lowest BCUT2D eigenvalue weighted by molar-refractivity contribution is -0.136. The Morgan fingerprint density at radius 2 is 1.78 bits per heavy atom. The van der Waals surface area contributed by atoms with Gasteiger partial charge in [0.15, 0.2) is 5.11 Å². The summed E-state index contributed by atoms with van der Waals surface area (Å²) < 4.78 is 5.02. The van der Waals surface area contributed by atoms with Gasteiger partial charge >= 0.3 is 12.0 Å². The van der Waals surface area contributed by atoms with E-state index in [2.05, 4.69) is 16.0 Å². The number of thiocarbonyl (C=S) groups is 1. The molecule has 0 saturated heterocycles. The Balaban J connectivity index is 1.79. The lowest BCUT2D eigenvalue weighted by Gasteiger charge is -2.36. The number of benzene rings is 2. The first kappa shape index (κ1) is 23.3. The van der Waals surface area contributed by atoms with Crippen LogP contribution >= 0.6 is 12.2 Å². The summed E-state index contributed by atoms with van der Waals surface area (Å²) in [6.07, 6.45) is 0. The first-order chi connectivity index (χ1) is 15.3. The highest BCUT2D eigenvalue weighted by Gasteiger charge is 2.33. The van der Waals surface area contributed by atoms with Crippen molar-refractivity contribution in [1.29, 1.82) is 0 Å². The highest BCUT2D eigenvalue weighted by atomic mass is 32.1. The number of anilines is 2. The molecule has 0 saturated carbocycles. The summed E-state index contributed by atoms with van der Waals surface area (Å²) in [6.45, 7) is 8.44. The van der Waals surface area contributed by atoms with Crippen LogP contribution in [0.3, 0.4) is 0 Å². The number of rotatable bonds is 5. The van der Waals surface area contributed by atoms with Crippen LogP contribution in [0.4, 0.5) is 16.2 Å². The molecule has 0 aromatic heterocycles. The number of nitrogens with zero attached hydrogens (tertiary/aromatic N) is 1. The highest BCUT2D eigenvalue weighted by molar-refractivity contribution is 7.80. The van der Waals surface area contributed by atoms with E-state index in [0.29, 0.717) is 22.9 Å². The number of amides is 2. The molecule has 1 unspecified atom stereocenters. The minimum atomic E-state index is -0.435. The van der Waals surface area contributed by atoms with E-state index in [0.717, 1.165) is 28.1 Å². The normalized spacial score (nSPS) is 15.8. The number of aryl methyl sites for hydroxylation is 1. The lowest BCUT2D eigenvalue weighted by Crippen LogP contribution is -2.47. The zero-order valence-electron chi connectivity index (χ0n) is 18.9. The molecule has 8 heteroatoms. The van der Waals surface area contributed by atoms with Crippen LogP contribution in [0.1, 0.15) is 36.6 Å². The summed E-state index contributed by atoms with van der Waals surface area (Å²) in [5, 5.41) is 9.50. The summed E-state index contributed by atoms with van der Waals surface area (Å²) in [4.78, 5) is 26.8. The van der Waals surface area contributed by atoms with E-state index in [9.17, 15) is 9.59 Å². The van der Waals surface area contributed by atoms with Gasteiger partial charge in [-0.05, 0) is 74.8 Å². The Labute approximate surface area is 193 Å². The van der Waals surface area contributed by atoms with E-state index in [1.54, 1.807) is 12.1 Å². The third-order valence-corrected chi connectivity index (χ3v) is 6.01. The van der Waals surface area contributed by atoms with Crippen molar-refractivity contribution in [2.24, 2.45) is 0 Å². The van der Waals surface area contributed by atoms with Crippen LogP contribution in [0.15, 0.2) is 53.7 Å². The number of nitrogens with one attached hydrogen (secondary N) is 3. The van der Waals surface area contributed by atoms with Crippen molar-refractivity contribution >= 4 is 40.7 Å². The van der Waals surface area contributed by atoms with Crippen molar-refractivity contribution in [3.8, 4) is 0 Å². The molecule has 2 aromatic carbocycles. The van der Waals surface area contributed by atoms with Crippen molar-refractivity contribution in [3.63, 3.8) is 0 Å². The standard InChI is InChI=1S/C24H28N4O3S/c1-6-28-16(4)20(22(29)31-5)21(27-24(28)32)17-10-12-18(13-11-17)25-23(30)26-19-9-7-8-14(2)15(19)3/h7-13,21H,6H2,1-5H3,(H,27,32)(H2,25,26,30). The number of carbonyl (C=O) groups is 2. The van der Waals surface area contributed by atoms with E-state index < -0.39 is 12.0 Å². The molecule has 2 aromatic rings. The molecule has 7 nitrogen and oxygen atoms in total. The van der Waals surface area contributed by atoms with Gasteiger partial charge in [0, 0.05) is 23.6 Å². The third kappa shape index (κ3) is 4.75. The molecule has 1 aliphatic heterocycles. The molecule has 32 heavy (non-hydrogen) atoms. The molecule has 168 valence electrons. The first-order valence-corrected chi connectivity index (χ1v) is 10.8. The number of esters is 1. The second kappa shape index (κ2) is 9.82. The van der Waals surface area contributed by atoms with E-state index >= 15 is 0 Å². The van der Waals surface area contributed by atoms with Crippen LogP contribution in [-0.4, -0.2) is 35.7 Å². The Kier molecular flexibility index (Phi) is 7.15. The molecule has 0 aliphatic carbocycles. The van der Waals surface area contributed by atoms with E-state index in [1.807, 2.05) is 62.9 Å². The maximum atomic E-state index is 12.5. The smallest absolute Gasteiger partial charge is 0.337 e. The Bertz CT molecular complexity index is 1080. The zero-order valence-corrected chi connectivity index (χ0v) is 19.7. The first-order valence-electron chi connectivity index (χ1n) is 10.4. The lowest BCUT2D eigenvalue weighted by atomic mass is 9.95. The van der Waals surface area contributed by atoms with Crippen LogP contribution in [0.2, 0.25) is 0 Å². The van der Waals surface area contributed by atoms with Gasteiger partial charge in [-0.3, -0.25) is 0 Å². The Morgan fingerprint density at radius 1 is 1.09 bits per heavy atom. The second-order valence-corrected chi connectivity index (χ2v) is 7.95. The Morgan fingerprint density at radius 3 is 2.41 bits per heavy atom. The third-order valence-electron chi connectivity index (χ3n) is 5.67. The average Bonchev–Trinajstić information content (AvgIpc) is 2.77. The van der Waals surface area contributed by atoms with Gasteiger partial charge in [-0.1, -0.05) is 24.3 Å². The van der Waals surface area contributed by atoms with Crippen LogP contribution in [-0.2, 0) is 9.53 Å². The Hall–Kier alpha value is -3.39. The van der Waals surface area contributed by atoms with Crippen LogP contribution in [0, 0.1) is 13.8 Å². The molecule has 0 radical (unpaired) electrons. The van der Waals surface area contributed by atoms with Gasteiger partial charge in [0.2, 0.25) is 0 Å². The molecular weight excluding hydrogens is 424 g/mol. The van der Waals surface area contributed by atoms with Crippen molar-refractivity contribution in [2.75, 3.05) is 24.3 Å². The molecule has 1 aliphatic rings. The monoisotopic (exact) mass is 452 g/mol. The average molecular weight is 453 g/mol. The second-order valence-electron chi connectivity index (χ2n) is 7.57. The SMILES string of the molecule is CCN1C(=S)NC(c2ccc(NC(=O)Nc3cccc(C)c3C)cc2)C(C(=O)OC)=C1C. The number of methoxy groups -OCH3 is 1. The van der Waals surface area contributed by atoms with Crippen molar-refractivity contribution in [2.45, 2.75) is 33.7 Å². The maximum absolute atomic E-state index is 12.5. The number of allylic oxidation sites excluding steroid dienone is 1. The molecule has 1 heterocycles. The quantitative estimate of drug-likeness (QED) is 0.453. The van der Waals surface area contributed by atoms with Gasteiger partial charge in [-0.2, -0.15) is 0 Å². The van der Waals surface area contributed by atoms with Crippen LogP contribution in [0.5, 0.6) is 0 Å². The molecule has 0 spiro atoms. The summed E-state index contributed by atoms with van der Waals surface area (Å²) >= 11 is 5.48. The maximum Gasteiger partial charge on any atom is 0.337 e. The molecule has 3 N–H and O–H groups in total. The van der Waals surface area contributed by atoms with Crippen LogP contribution < -0.4 is 16.0 Å². The van der Waals surface area contributed by atoms with Gasteiger partial charge in [-0.25, -0.2) is 9.59 Å². The topological polar surface area (TPSA) is 82.7 Å². The molecule has 3 rings (SSSR count). The van der Waals surface area contributed by atoms with Gasteiger partial charge in [0.25, 0.3) is 0 Å². The van der Waals surface area contributed by atoms with E-state index in [-0.39, 0.29) is 6.03 Å². The summed E-state index contributed by atoms with van der Waals surface area (Å²) in [5.74, 6) is -0.406. The van der Waals surface area contributed by atoms with Crippen molar-refractivity contribution in [1.82, 2.24) is 10.2 Å². The van der Waals surface area contributed by atoms with Gasteiger partial charge in [0.1, 0.15) is 0 Å². The number of urea groups is 1. The largest absolute Gasteiger partial charge is 0.466 e. The number of hydrogen-bond acceptors (Lipinski definition) is 4. The zero-order chi connectivity index (χ0) is 23.4. The summed E-state index contributed by atoms with van der Waals surface area (Å²) in [5.41, 5.74) is 5.64. The summed E-state index contributed by atoms with van der Waals surface area (Å²) in [7, 11) is 1.37. The predicted octanol–water partition coefficient (Wildman–Crippen LogP) is 4.65. The minimum Gasteiger partial charge on any atom is -0.466 e. The van der Waals surface area contributed by atoms with Gasteiger partial charge in [-0.15, -0.1) is 0 Å². The highest BCUT2D eigenvalue weighted by Crippen LogP contribution is 2.31.